The third kappa shape index (κ3) is 3.97. The maximum absolute atomic E-state index is 12.7. The van der Waals surface area contributed by atoms with Gasteiger partial charge in [-0.1, -0.05) is 6.92 Å². The van der Waals surface area contributed by atoms with Crippen LogP contribution in [0.4, 0.5) is 8.78 Å². The highest BCUT2D eigenvalue weighted by Crippen LogP contribution is 2.15. The molecule has 1 atom stereocenters. The predicted octanol–water partition coefficient (Wildman–Crippen LogP) is 1.17. The molecule has 2 rings (SSSR count). The van der Waals surface area contributed by atoms with Gasteiger partial charge in [0.15, 0.2) is 0 Å². The first-order valence-electron chi connectivity index (χ1n) is 7.02. The Labute approximate surface area is 117 Å². The maximum atomic E-state index is 12.7. The minimum atomic E-state index is -2.53. The van der Waals surface area contributed by atoms with Gasteiger partial charge in [0, 0.05) is 45.1 Å². The number of rotatable bonds is 6. The number of halogens is 2. The molecule has 2 heterocycles. The highest BCUT2D eigenvalue weighted by Gasteiger charge is 2.21. The smallest absolute Gasteiger partial charge is 0.319 e. The minimum Gasteiger partial charge on any atom is -0.392 e. The molecule has 7 heteroatoms. The van der Waals surface area contributed by atoms with Crippen molar-refractivity contribution in [2.24, 2.45) is 0 Å². The monoisotopic (exact) mass is 288 g/mol. The Kier molecular flexibility index (Phi) is 5.45. The van der Waals surface area contributed by atoms with Crippen LogP contribution in [0.5, 0.6) is 0 Å². The Morgan fingerprint density at radius 3 is 2.50 bits per heavy atom. The van der Waals surface area contributed by atoms with Crippen molar-refractivity contribution in [2.45, 2.75) is 32.5 Å². The van der Waals surface area contributed by atoms with E-state index in [1.807, 2.05) is 6.92 Å². The molecule has 0 aliphatic carbocycles. The van der Waals surface area contributed by atoms with Crippen LogP contribution in [0.3, 0.4) is 0 Å². The number of β-amino-alcohol motifs (C(OH)–C–C–N with tert-alkyl or cyclic N) is 1. The number of hydrogen-bond acceptors (Lipinski definition) is 4. The molecule has 1 fully saturated rings. The van der Waals surface area contributed by atoms with Gasteiger partial charge in [0.2, 0.25) is 0 Å². The largest absolute Gasteiger partial charge is 0.392 e. The van der Waals surface area contributed by atoms with E-state index in [4.69, 9.17) is 0 Å². The fourth-order valence-corrected chi connectivity index (χ4v) is 2.40. The number of piperazine rings is 1. The second-order valence-corrected chi connectivity index (χ2v) is 5.17. The van der Waals surface area contributed by atoms with Gasteiger partial charge in [-0.25, -0.2) is 4.98 Å². The van der Waals surface area contributed by atoms with Crippen molar-refractivity contribution in [2.75, 3.05) is 32.7 Å². The number of nitrogens with zero attached hydrogens (tertiary/aromatic N) is 4. The standard InChI is InChI=1S/C13H22F2N4O/c1-2-11(20)9-17-5-7-18(8-6-17)10-12-16-3-4-19(12)13(14)15/h3-4,11,13,20H,2,5-10H2,1H3. The molecule has 1 aliphatic rings. The number of imidazole rings is 1. The van der Waals surface area contributed by atoms with Gasteiger partial charge in [-0.2, -0.15) is 8.78 Å². The lowest BCUT2D eigenvalue weighted by atomic mass is 10.2. The zero-order valence-electron chi connectivity index (χ0n) is 11.8. The lowest BCUT2D eigenvalue weighted by molar-refractivity contribution is 0.0532. The van der Waals surface area contributed by atoms with E-state index in [9.17, 15) is 13.9 Å². The van der Waals surface area contributed by atoms with Gasteiger partial charge in [0.1, 0.15) is 5.82 Å². The van der Waals surface area contributed by atoms with Crippen molar-refractivity contribution in [3.05, 3.63) is 18.2 Å². The van der Waals surface area contributed by atoms with Gasteiger partial charge in [0.25, 0.3) is 0 Å². The summed E-state index contributed by atoms with van der Waals surface area (Å²) in [6.07, 6.45) is 3.20. The molecule has 0 amide bonds. The Hall–Kier alpha value is -1.05. The number of aliphatic hydroxyl groups excluding tert-OH is 1. The van der Waals surface area contributed by atoms with Crippen LogP contribution in [-0.2, 0) is 6.54 Å². The summed E-state index contributed by atoms with van der Waals surface area (Å²) < 4.78 is 26.4. The summed E-state index contributed by atoms with van der Waals surface area (Å²) in [6.45, 7) is 3.90. The van der Waals surface area contributed by atoms with Crippen molar-refractivity contribution in [1.29, 1.82) is 0 Å². The topological polar surface area (TPSA) is 44.5 Å². The first-order valence-corrected chi connectivity index (χ1v) is 7.02. The molecule has 0 radical (unpaired) electrons. The van der Waals surface area contributed by atoms with E-state index in [1.165, 1.54) is 12.4 Å². The Morgan fingerprint density at radius 2 is 1.90 bits per heavy atom. The molecule has 0 spiro atoms. The van der Waals surface area contributed by atoms with Crippen molar-refractivity contribution in [3.63, 3.8) is 0 Å². The summed E-state index contributed by atoms with van der Waals surface area (Å²) in [6, 6.07) is 0. The summed E-state index contributed by atoms with van der Waals surface area (Å²) in [5, 5.41) is 9.63. The summed E-state index contributed by atoms with van der Waals surface area (Å²) in [4.78, 5) is 8.33. The quantitative estimate of drug-likeness (QED) is 0.853. The number of alkyl halides is 2. The van der Waals surface area contributed by atoms with Gasteiger partial charge in [-0.05, 0) is 6.42 Å². The molecule has 1 aliphatic heterocycles. The first-order chi connectivity index (χ1) is 9.60. The summed E-state index contributed by atoms with van der Waals surface area (Å²) in [5.41, 5.74) is 0. The average Bonchev–Trinajstić information content (AvgIpc) is 2.89. The van der Waals surface area contributed by atoms with Crippen LogP contribution >= 0.6 is 0 Å². The van der Waals surface area contributed by atoms with E-state index in [2.05, 4.69) is 14.8 Å². The van der Waals surface area contributed by atoms with Crippen molar-refractivity contribution in [1.82, 2.24) is 19.4 Å². The fourth-order valence-electron chi connectivity index (χ4n) is 2.40. The van der Waals surface area contributed by atoms with Gasteiger partial charge in [0.05, 0.1) is 12.6 Å². The van der Waals surface area contributed by atoms with E-state index >= 15 is 0 Å². The number of hydrogen-bond donors (Lipinski definition) is 1. The van der Waals surface area contributed by atoms with E-state index in [0.717, 1.165) is 37.2 Å². The lowest BCUT2D eigenvalue weighted by Gasteiger charge is -2.35. The van der Waals surface area contributed by atoms with Crippen LogP contribution in [0.2, 0.25) is 0 Å². The maximum Gasteiger partial charge on any atom is 0.319 e. The van der Waals surface area contributed by atoms with Crippen LogP contribution < -0.4 is 0 Å². The molecule has 0 saturated carbocycles. The third-order valence-electron chi connectivity index (χ3n) is 3.73. The van der Waals surface area contributed by atoms with Crippen LogP contribution in [-0.4, -0.2) is 63.3 Å². The molecule has 1 unspecified atom stereocenters. The van der Waals surface area contributed by atoms with Crippen molar-refractivity contribution in [3.8, 4) is 0 Å². The normalized spacial score (nSPS) is 19.6. The molecular weight excluding hydrogens is 266 g/mol. The molecular formula is C13H22F2N4O. The highest BCUT2D eigenvalue weighted by atomic mass is 19.3. The van der Waals surface area contributed by atoms with E-state index in [-0.39, 0.29) is 6.10 Å². The van der Waals surface area contributed by atoms with Crippen LogP contribution in [0.1, 0.15) is 25.7 Å². The molecule has 0 aromatic carbocycles. The van der Waals surface area contributed by atoms with Crippen molar-refractivity contribution >= 4 is 0 Å². The number of aliphatic hydroxyl groups is 1. The summed E-state index contributed by atoms with van der Waals surface area (Å²) in [7, 11) is 0. The van der Waals surface area contributed by atoms with Crippen molar-refractivity contribution < 1.29 is 13.9 Å². The second-order valence-electron chi connectivity index (χ2n) is 5.17. The molecule has 1 saturated heterocycles. The van der Waals surface area contributed by atoms with Crippen LogP contribution in [0.15, 0.2) is 12.4 Å². The van der Waals surface area contributed by atoms with Gasteiger partial charge in [-0.15, -0.1) is 0 Å². The minimum absolute atomic E-state index is 0.278. The molecule has 5 nitrogen and oxygen atoms in total. The Morgan fingerprint density at radius 1 is 1.25 bits per heavy atom. The van der Waals surface area contributed by atoms with Crippen LogP contribution in [0.25, 0.3) is 0 Å². The summed E-state index contributed by atoms with van der Waals surface area (Å²) >= 11 is 0. The Balaban J connectivity index is 1.81. The lowest BCUT2D eigenvalue weighted by Crippen LogP contribution is -2.48. The van der Waals surface area contributed by atoms with Gasteiger partial charge >= 0.3 is 6.55 Å². The fraction of sp³-hybridized carbons (Fsp3) is 0.769. The van der Waals surface area contributed by atoms with Gasteiger partial charge in [-0.3, -0.25) is 14.4 Å². The van der Waals surface area contributed by atoms with E-state index in [1.54, 1.807) is 0 Å². The predicted molar refractivity (Wildman–Crippen MR) is 71.5 cm³/mol. The first kappa shape index (κ1) is 15.3. The van der Waals surface area contributed by atoms with Gasteiger partial charge < -0.3 is 5.11 Å². The highest BCUT2D eigenvalue weighted by molar-refractivity contribution is 4.93. The zero-order valence-corrected chi connectivity index (χ0v) is 11.8. The second kappa shape index (κ2) is 7.10. The zero-order chi connectivity index (χ0) is 14.5. The SMILES string of the molecule is CCC(O)CN1CCN(Cc2nccn2C(F)F)CC1. The molecule has 1 aromatic heterocycles. The molecule has 0 bridgehead atoms. The molecule has 20 heavy (non-hydrogen) atoms. The van der Waals surface area contributed by atoms with E-state index in [0.29, 0.717) is 18.9 Å². The van der Waals surface area contributed by atoms with E-state index < -0.39 is 6.55 Å². The number of aromatic nitrogens is 2. The molecule has 114 valence electrons. The molecule has 1 aromatic rings. The Bertz CT molecular complexity index is 405. The van der Waals surface area contributed by atoms with Crippen LogP contribution in [0, 0.1) is 0 Å². The summed E-state index contributed by atoms with van der Waals surface area (Å²) in [5.74, 6) is 0.405. The molecule has 1 N–H and O–H groups in total. The third-order valence-corrected chi connectivity index (χ3v) is 3.73. The average molecular weight is 288 g/mol.